The van der Waals surface area contributed by atoms with E-state index in [1.165, 1.54) is 0 Å². The minimum atomic E-state index is 0.102. The van der Waals surface area contributed by atoms with Crippen molar-refractivity contribution in [3.05, 3.63) is 71.9 Å². The zero-order chi connectivity index (χ0) is 14.7. The van der Waals surface area contributed by atoms with Crippen LogP contribution in [0.4, 0.5) is 0 Å². The third kappa shape index (κ3) is 2.90. The number of furan rings is 1. The lowest BCUT2D eigenvalue weighted by Gasteiger charge is -2.14. The second kappa shape index (κ2) is 5.97. The van der Waals surface area contributed by atoms with Gasteiger partial charge >= 0.3 is 0 Å². The zero-order valence-electron chi connectivity index (χ0n) is 12.3. The molecule has 3 aromatic rings. The van der Waals surface area contributed by atoms with Crippen LogP contribution in [0, 0.1) is 6.92 Å². The van der Waals surface area contributed by atoms with Gasteiger partial charge in [-0.15, -0.1) is 0 Å². The smallest absolute Gasteiger partial charge is 0.101 e. The molecular weight excluding hydrogens is 262 g/mol. The lowest BCUT2D eigenvalue weighted by Crippen LogP contribution is -2.21. The Balaban J connectivity index is 1.92. The number of nitrogens with zero attached hydrogens (tertiary/aromatic N) is 2. The molecule has 0 saturated heterocycles. The zero-order valence-corrected chi connectivity index (χ0v) is 12.3. The van der Waals surface area contributed by atoms with Crippen molar-refractivity contribution in [2.45, 2.75) is 19.9 Å². The summed E-state index contributed by atoms with van der Waals surface area (Å²) in [5.74, 6) is 0.920. The van der Waals surface area contributed by atoms with E-state index in [1.54, 1.807) is 0 Å². The van der Waals surface area contributed by atoms with Crippen molar-refractivity contribution in [2.24, 2.45) is 0 Å². The van der Waals surface area contributed by atoms with Gasteiger partial charge in [0.2, 0.25) is 0 Å². The fraction of sp³-hybridized carbons (Fsp3) is 0.235. The van der Waals surface area contributed by atoms with Gasteiger partial charge in [0.1, 0.15) is 5.76 Å². The number of hydrogen-bond donors (Lipinski definition) is 1. The van der Waals surface area contributed by atoms with Crippen LogP contribution in [-0.2, 0) is 0 Å². The van der Waals surface area contributed by atoms with Crippen molar-refractivity contribution in [2.75, 3.05) is 6.54 Å². The van der Waals surface area contributed by atoms with Gasteiger partial charge in [-0.1, -0.05) is 25.1 Å². The van der Waals surface area contributed by atoms with Crippen LogP contribution in [0.1, 0.15) is 29.9 Å². The van der Waals surface area contributed by atoms with Crippen LogP contribution in [0.15, 0.2) is 59.5 Å². The first-order valence-corrected chi connectivity index (χ1v) is 7.16. The molecular formula is C17H19N3O. The summed E-state index contributed by atoms with van der Waals surface area (Å²) in [5.41, 5.74) is 3.31. The molecule has 0 aliphatic rings. The predicted octanol–water partition coefficient (Wildman–Crippen LogP) is 3.47. The maximum atomic E-state index is 5.44. The van der Waals surface area contributed by atoms with Crippen LogP contribution in [0.3, 0.4) is 0 Å². The normalized spacial score (nSPS) is 12.5. The Morgan fingerprint density at radius 1 is 1.24 bits per heavy atom. The maximum Gasteiger partial charge on any atom is 0.101 e. The number of hydrogen-bond acceptors (Lipinski definition) is 3. The number of benzene rings is 1. The van der Waals surface area contributed by atoms with Crippen molar-refractivity contribution < 1.29 is 4.42 Å². The highest BCUT2D eigenvalue weighted by atomic mass is 16.3. The van der Waals surface area contributed by atoms with Crippen molar-refractivity contribution in [1.82, 2.24) is 15.1 Å². The molecule has 0 spiro atoms. The number of para-hydroxylation sites is 1. The molecule has 1 N–H and O–H groups in total. The highest BCUT2D eigenvalue weighted by Gasteiger charge is 2.17. The summed E-state index contributed by atoms with van der Waals surface area (Å²) in [4.78, 5) is 0. The molecule has 0 saturated carbocycles. The van der Waals surface area contributed by atoms with Crippen LogP contribution in [0.2, 0.25) is 0 Å². The van der Waals surface area contributed by atoms with Crippen molar-refractivity contribution in [1.29, 1.82) is 0 Å². The van der Waals surface area contributed by atoms with E-state index >= 15 is 0 Å². The van der Waals surface area contributed by atoms with Gasteiger partial charge in [-0.25, -0.2) is 4.68 Å². The summed E-state index contributed by atoms with van der Waals surface area (Å²) in [6.07, 6.45) is 5.77. The SMILES string of the molecule is CCNC(c1coc(C)c1)c1cnn(-c2ccccc2)c1. The second-order valence-electron chi connectivity index (χ2n) is 5.04. The summed E-state index contributed by atoms with van der Waals surface area (Å²) in [5, 5.41) is 7.95. The Hall–Kier alpha value is -2.33. The molecule has 2 aromatic heterocycles. The summed E-state index contributed by atoms with van der Waals surface area (Å²) >= 11 is 0. The fourth-order valence-corrected chi connectivity index (χ4v) is 2.46. The van der Waals surface area contributed by atoms with Gasteiger partial charge in [-0.3, -0.25) is 0 Å². The third-order valence-corrected chi connectivity index (χ3v) is 3.45. The van der Waals surface area contributed by atoms with Crippen LogP contribution in [0.25, 0.3) is 5.69 Å². The van der Waals surface area contributed by atoms with Crippen LogP contribution in [0.5, 0.6) is 0 Å². The van der Waals surface area contributed by atoms with Crippen LogP contribution >= 0.6 is 0 Å². The largest absolute Gasteiger partial charge is 0.469 e. The van der Waals surface area contributed by atoms with Crippen LogP contribution < -0.4 is 5.32 Å². The average molecular weight is 281 g/mol. The predicted molar refractivity (Wildman–Crippen MR) is 82.5 cm³/mol. The Morgan fingerprint density at radius 2 is 2.05 bits per heavy atom. The maximum absolute atomic E-state index is 5.44. The molecule has 1 unspecified atom stereocenters. The Labute approximate surface area is 124 Å². The second-order valence-corrected chi connectivity index (χ2v) is 5.04. The highest BCUT2D eigenvalue weighted by molar-refractivity contribution is 5.34. The van der Waals surface area contributed by atoms with E-state index in [0.29, 0.717) is 0 Å². The van der Waals surface area contributed by atoms with E-state index in [1.807, 2.05) is 54.4 Å². The summed E-state index contributed by atoms with van der Waals surface area (Å²) in [6, 6.07) is 12.3. The summed E-state index contributed by atoms with van der Waals surface area (Å²) in [6.45, 7) is 4.94. The highest BCUT2D eigenvalue weighted by Crippen LogP contribution is 2.24. The number of nitrogens with one attached hydrogen (secondary N) is 1. The average Bonchev–Trinajstić information content (AvgIpc) is 3.15. The number of aryl methyl sites for hydroxylation is 1. The Morgan fingerprint density at radius 3 is 2.71 bits per heavy atom. The van der Waals surface area contributed by atoms with Crippen molar-refractivity contribution in [3.8, 4) is 5.69 Å². The molecule has 0 radical (unpaired) electrons. The van der Waals surface area contributed by atoms with Crippen molar-refractivity contribution in [3.63, 3.8) is 0 Å². The van der Waals surface area contributed by atoms with E-state index in [4.69, 9.17) is 4.42 Å². The van der Waals surface area contributed by atoms with Gasteiger partial charge < -0.3 is 9.73 Å². The van der Waals surface area contributed by atoms with Gasteiger partial charge in [0, 0.05) is 17.3 Å². The first-order valence-electron chi connectivity index (χ1n) is 7.16. The topological polar surface area (TPSA) is 43.0 Å². The molecule has 4 nitrogen and oxygen atoms in total. The first-order chi connectivity index (χ1) is 10.3. The van der Waals surface area contributed by atoms with Gasteiger partial charge in [0.15, 0.2) is 0 Å². The molecule has 21 heavy (non-hydrogen) atoms. The molecule has 0 bridgehead atoms. The standard InChI is InChI=1S/C17H19N3O/c1-3-18-17(14-9-13(2)21-12-14)15-10-19-20(11-15)16-7-5-4-6-8-16/h4-12,17-18H,3H2,1-2H3. The summed E-state index contributed by atoms with van der Waals surface area (Å²) in [7, 11) is 0. The summed E-state index contributed by atoms with van der Waals surface area (Å²) < 4.78 is 7.33. The monoisotopic (exact) mass is 281 g/mol. The molecule has 0 aliphatic heterocycles. The molecule has 1 atom stereocenters. The van der Waals surface area contributed by atoms with Gasteiger partial charge in [-0.2, -0.15) is 5.10 Å². The van der Waals surface area contributed by atoms with Gasteiger partial charge in [0.05, 0.1) is 24.2 Å². The molecule has 0 amide bonds. The molecule has 1 aromatic carbocycles. The molecule has 4 heteroatoms. The Kier molecular flexibility index (Phi) is 3.88. The molecule has 2 heterocycles. The van der Waals surface area contributed by atoms with E-state index in [2.05, 4.69) is 29.6 Å². The molecule has 0 fully saturated rings. The number of aromatic nitrogens is 2. The Bertz CT molecular complexity index is 700. The molecule has 108 valence electrons. The van der Waals surface area contributed by atoms with E-state index in [9.17, 15) is 0 Å². The minimum Gasteiger partial charge on any atom is -0.469 e. The van der Waals surface area contributed by atoms with Crippen molar-refractivity contribution >= 4 is 0 Å². The quantitative estimate of drug-likeness (QED) is 0.778. The van der Waals surface area contributed by atoms with Gasteiger partial charge in [-0.05, 0) is 31.7 Å². The van der Waals surface area contributed by atoms with E-state index < -0.39 is 0 Å². The first kappa shape index (κ1) is 13.6. The minimum absolute atomic E-state index is 0.102. The van der Waals surface area contributed by atoms with E-state index in [-0.39, 0.29) is 6.04 Å². The lowest BCUT2D eigenvalue weighted by atomic mass is 10.0. The van der Waals surface area contributed by atoms with Crippen LogP contribution in [-0.4, -0.2) is 16.3 Å². The third-order valence-electron chi connectivity index (χ3n) is 3.45. The van der Waals surface area contributed by atoms with E-state index in [0.717, 1.165) is 29.1 Å². The molecule has 3 rings (SSSR count). The number of rotatable bonds is 5. The lowest BCUT2D eigenvalue weighted by molar-refractivity contribution is 0.525. The fourth-order valence-electron chi connectivity index (χ4n) is 2.46. The molecule has 0 aliphatic carbocycles. The van der Waals surface area contributed by atoms with Gasteiger partial charge in [0.25, 0.3) is 0 Å².